The van der Waals surface area contributed by atoms with E-state index in [1.165, 1.54) is 23.9 Å². The van der Waals surface area contributed by atoms with Crippen molar-refractivity contribution in [3.05, 3.63) is 60.2 Å². The van der Waals surface area contributed by atoms with Gasteiger partial charge in [-0.25, -0.2) is 4.39 Å². The molecular formula is C18H15FN6O2S. The average Bonchev–Trinajstić information content (AvgIpc) is 3.38. The molecule has 0 N–H and O–H groups in total. The third-order valence-electron chi connectivity index (χ3n) is 3.92. The molecule has 0 fully saturated rings. The second-order valence-electron chi connectivity index (χ2n) is 5.76. The van der Waals surface area contributed by atoms with Crippen molar-refractivity contribution >= 4 is 11.8 Å². The SMILES string of the molecule is COc1ccccc1-n1nnnc1S[C@@H](C)c1nnc(-c2ccc(F)cc2)o1. The van der Waals surface area contributed by atoms with Gasteiger partial charge in [-0.05, 0) is 53.7 Å². The van der Waals surface area contributed by atoms with Gasteiger partial charge in [-0.2, -0.15) is 4.68 Å². The molecule has 1 atom stereocenters. The Morgan fingerprint density at radius 3 is 2.64 bits per heavy atom. The smallest absolute Gasteiger partial charge is 0.247 e. The third-order valence-corrected chi connectivity index (χ3v) is 4.94. The molecule has 0 spiro atoms. The fourth-order valence-electron chi connectivity index (χ4n) is 2.52. The molecule has 4 rings (SSSR count). The number of methoxy groups -OCH3 is 1. The molecule has 28 heavy (non-hydrogen) atoms. The number of hydrogen-bond acceptors (Lipinski definition) is 8. The summed E-state index contributed by atoms with van der Waals surface area (Å²) in [5, 5.41) is 20.4. The van der Waals surface area contributed by atoms with E-state index < -0.39 is 0 Å². The van der Waals surface area contributed by atoms with Crippen LogP contribution < -0.4 is 4.74 Å². The molecule has 4 aromatic rings. The van der Waals surface area contributed by atoms with Crippen LogP contribution in [0.4, 0.5) is 4.39 Å². The van der Waals surface area contributed by atoms with Crippen LogP contribution in [0, 0.1) is 5.82 Å². The molecule has 0 amide bonds. The number of aromatic nitrogens is 6. The topological polar surface area (TPSA) is 91.8 Å². The van der Waals surface area contributed by atoms with E-state index in [2.05, 4.69) is 25.7 Å². The molecule has 0 radical (unpaired) electrons. The van der Waals surface area contributed by atoms with Gasteiger partial charge in [-0.15, -0.1) is 15.3 Å². The van der Waals surface area contributed by atoms with Gasteiger partial charge in [0.15, 0.2) is 0 Å². The lowest BCUT2D eigenvalue weighted by Gasteiger charge is -2.10. The van der Waals surface area contributed by atoms with Crippen molar-refractivity contribution in [1.82, 2.24) is 30.4 Å². The molecule has 2 aromatic carbocycles. The van der Waals surface area contributed by atoms with E-state index in [-0.39, 0.29) is 11.1 Å². The monoisotopic (exact) mass is 398 g/mol. The van der Waals surface area contributed by atoms with Crippen LogP contribution in [0.2, 0.25) is 0 Å². The first kappa shape index (κ1) is 18.1. The lowest BCUT2D eigenvalue weighted by Crippen LogP contribution is -2.02. The standard InChI is InChI=1S/C18H15FN6O2S/c1-11(16-20-21-17(27-16)12-7-9-13(19)10-8-12)28-18-22-23-24-25(18)14-5-3-4-6-15(14)26-2/h3-11H,1-2H3/t11-/m0/s1. The van der Waals surface area contributed by atoms with Crippen LogP contribution in [-0.4, -0.2) is 37.5 Å². The molecule has 142 valence electrons. The van der Waals surface area contributed by atoms with Gasteiger partial charge in [-0.3, -0.25) is 0 Å². The predicted octanol–water partition coefficient (Wildman–Crippen LogP) is 3.71. The number of tetrazole rings is 1. The Labute approximate surface area is 163 Å². The first-order valence-electron chi connectivity index (χ1n) is 8.33. The third kappa shape index (κ3) is 3.58. The van der Waals surface area contributed by atoms with Gasteiger partial charge in [0.2, 0.25) is 16.9 Å². The lowest BCUT2D eigenvalue weighted by molar-refractivity contribution is 0.410. The summed E-state index contributed by atoms with van der Waals surface area (Å²) in [6.07, 6.45) is 0. The van der Waals surface area contributed by atoms with Crippen LogP contribution in [0.1, 0.15) is 18.1 Å². The van der Waals surface area contributed by atoms with Crippen molar-refractivity contribution in [2.45, 2.75) is 17.3 Å². The molecule has 2 heterocycles. The Kier molecular flexibility index (Phi) is 5.02. The summed E-state index contributed by atoms with van der Waals surface area (Å²) in [6, 6.07) is 13.3. The molecule has 8 nitrogen and oxygen atoms in total. The molecule has 10 heteroatoms. The first-order chi connectivity index (χ1) is 13.7. The van der Waals surface area contributed by atoms with Crippen LogP contribution in [-0.2, 0) is 0 Å². The average molecular weight is 398 g/mol. The van der Waals surface area contributed by atoms with Gasteiger partial charge in [0.05, 0.1) is 12.4 Å². The van der Waals surface area contributed by atoms with E-state index in [1.54, 1.807) is 23.9 Å². The normalized spacial score (nSPS) is 12.1. The Balaban J connectivity index is 1.56. The highest BCUT2D eigenvalue weighted by Gasteiger charge is 2.21. The summed E-state index contributed by atoms with van der Waals surface area (Å²) < 4.78 is 25.8. The summed E-state index contributed by atoms with van der Waals surface area (Å²) in [4.78, 5) is 0. The van der Waals surface area contributed by atoms with Gasteiger partial charge in [0.1, 0.15) is 17.3 Å². The van der Waals surface area contributed by atoms with Crippen LogP contribution in [0.3, 0.4) is 0 Å². The first-order valence-corrected chi connectivity index (χ1v) is 9.21. The summed E-state index contributed by atoms with van der Waals surface area (Å²) >= 11 is 1.37. The van der Waals surface area contributed by atoms with Crippen LogP contribution >= 0.6 is 11.8 Å². The number of nitrogens with zero attached hydrogens (tertiary/aromatic N) is 6. The van der Waals surface area contributed by atoms with E-state index >= 15 is 0 Å². The fourth-order valence-corrected chi connectivity index (χ4v) is 3.36. The molecule has 0 unspecified atom stereocenters. The van der Waals surface area contributed by atoms with E-state index in [4.69, 9.17) is 9.15 Å². The number of ether oxygens (including phenoxy) is 1. The van der Waals surface area contributed by atoms with Crippen molar-refractivity contribution in [1.29, 1.82) is 0 Å². The van der Waals surface area contributed by atoms with Crippen molar-refractivity contribution in [3.63, 3.8) is 0 Å². The van der Waals surface area contributed by atoms with E-state index in [0.29, 0.717) is 28.3 Å². The molecule has 0 bridgehead atoms. The van der Waals surface area contributed by atoms with Crippen molar-refractivity contribution in [2.75, 3.05) is 7.11 Å². The highest BCUT2D eigenvalue weighted by molar-refractivity contribution is 7.99. The van der Waals surface area contributed by atoms with Gasteiger partial charge in [-0.1, -0.05) is 23.9 Å². The van der Waals surface area contributed by atoms with Gasteiger partial charge >= 0.3 is 0 Å². The fraction of sp³-hybridized carbons (Fsp3) is 0.167. The zero-order valence-corrected chi connectivity index (χ0v) is 15.8. The number of hydrogen-bond donors (Lipinski definition) is 0. The maximum atomic E-state index is 13.1. The van der Waals surface area contributed by atoms with Crippen molar-refractivity contribution in [3.8, 4) is 22.9 Å². The van der Waals surface area contributed by atoms with Crippen molar-refractivity contribution in [2.24, 2.45) is 0 Å². The molecule has 0 aliphatic carbocycles. The minimum atomic E-state index is -0.324. The summed E-state index contributed by atoms with van der Waals surface area (Å²) in [5.41, 5.74) is 1.37. The Morgan fingerprint density at radius 2 is 1.86 bits per heavy atom. The highest BCUT2D eigenvalue weighted by Crippen LogP contribution is 2.35. The Bertz CT molecular complexity index is 1080. The van der Waals surface area contributed by atoms with E-state index in [9.17, 15) is 4.39 Å². The molecule has 0 saturated carbocycles. The highest BCUT2D eigenvalue weighted by atomic mass is 32.2. The zero-order valence-electron chi connectivity index (χ0n) is 15.0. The second kappa shape index (κ2) is 7.77. The van der Waals surface area contributed by atoms with Gasteiger partial charge in [0, 0.05) is 5.56 Å². The lowest BCUT2D eigenvalue weighted by atomic mass is 10.2. The van der Waals surface area contributed by atoms with Crippen LogP contribution in [0.5, 0.6) is 5.75 Å². The summed E-state index contributed by atoms with van der Waals surface area (Å²) in [7, 11) is 1.59. The summed E-state index contributed by atoms with van der Waals surface area (Å²) in [5.74, 6) is 1.07. The minimum Gasteiger partial charge on any atom is -0.494 e. The predicted molar refractivity (Wildman–Crippen MR) is 99.7 cm³/mol. The molecule has 0 aliphatic rings. The van der Waals surface area contributed by atoms with E-state index in [1.807, 2.05) is 31.2 Å². The number of rotatable bonds is 6. The number of para-hydroxylation sites is 2. The van der Waals surface area contributed by atoms with Crippen LogP contribution in [0.25, 0.3) is 17.1 Å². The molecule has 2 aromatic heterocycles. The van der Waals surface area contributed by atoms with Gasteiger partial charge < -0.3 is 9.15 Å². The summed E-state index contributed by atoms with van der Waals surface area (Å²) in [6.45, 7) is 1.91. The minimum absolute atomic E-state index is 0.207. The number of thioether (sulfide) groups is 1. The Hall–Kier alpha value is -3.27. The second-order valence-corrected chi connectivity index (χ2v) is 7.07. The maximum absolute atomic E-state index is 13.1. The maximum Gasteiger partial charge on any atom is 0.247 e. The number of halogens is 1. The number of benzene rings is 2. The molecule has 0 aliphatic heterocycles. The molecular weight excluding hydrogens is 383 g/mol. The largest absolute Gasteiger partial charge is 0.494 e. The van der Waals surface area contributed by atoms with Gasteiger partial charge in [0.25, 0.3) is 0 Å². The molecule has 0 saturated heterocycles. The van der Waals surface area contributed by atoms with E-state index in [0.717, 1.165) is 5.69 Å². The van der Waals surface area contributed by atoms with Crippen molar-refractivity contribution < 1.29 is 13.5 Å². The van der Waals surface area contributed by atoms with Crippen LogP contribution in [0.15, 0.2) is 58.1 Å². The Morgan fingerprint density at radius 1 is 1.07 bits per heavy atom. The zero-order chi connectivity index (χ0) is 19.5. The quantitative estimate of drug-likeness (QED) is 0.454.